The van der Waals surface area contributed by atoms with Gasteiger partial charge in [-0.05, 0) is 54.5 Å². The highest BCUT2D eigenvalue weighted by Gasteiger charge is 2.49. The van der Waals surface area contributed by atoms with Gasteiger partial charge in [0.2, 0.25) is 11.8 Å². The molecule has 0 bridgehead atoms. The number of hydrogen-bond donors (Lipinski definition) is 3. The lowest BCUT2D eigenvalue weighted by atomic mass is 9.89. The number of thioether (sulfide) groups is 1. The first-order valence-corrected chi connectivity index (χ1v) is 15.1. The molecule has 3 aliphatic rings. The highest BCUT2D eigenvalue weighted by atomic mass is 32.2. The summed E-state index contributed by atoms with van der Waals surface area (Å²) in [7, 11) is 0. The molecule has 3 N–H and O–H groups in total. The van der Waals surface area contributed by atoms with Gasteiger partial charge in [-0.25, -0.2) is 0 Å². The Bertz CT molecular complexity index is 1380. The van der Waals surface area contributed by atoms with Gasteiger partial charge in [-0.2, -0.15) is 11.8 Å². The molecule has 1 aromatic heterocycles. The summed E-state index contributed by atoms with van der Waals surface area (Å²) in [6.07, 6.45) is 8.40. The number of H-pyrrole nitrogens is 1. The van der Waals surface area contributed by atoms with E-state index >= 15 is 0 Å². The van der Waals surface area contributed by atoms with Crippen molar-refractivity contribution in [1.29, 1.82) is 0 Å². The molecule has 1 aliphatic carbocycles. The molecule has 3 heterocycles. The van der Waals surface area contributed by atoms with Crippen LogP contribution in [0.25, 0.3) is 10.9 Å². The van der Waals surface area contributed by atoms with Crippen molar-refractivity contribution >= 4 is 40.4 Å². The van der Waals surface area contributed by atoms with E-state index < -0.39 is 12.1 Å². The Hall–Kier alpha value is -3.26. The molecular weight excluding hydrogens is 496 g/mol. The van der Waals surface area contributed by atoms with Gasteiger partial charge >= 0.3 is 0 Å². The van der Waals surface area contributed by atoms with Crippen LogP contribution in [0.2, 0.25) is 0 Å². The van der Waals surface area contributed by atoms with E-state index in [2.05, 4.69) is 21.7 Å². The molecule has 1 fully saturated rings. The summed E-state index contributed by atoms with van der Waals surface area (Å²) in [4.78, 5) is 46.2. The third-order valence-electron chi connectivity index (χ3n) is 8.35. The maximum atomic E-state index is 14.0. The Labute approximate surface area is 227 Å². The van der Waals surface area contributed by atoms with Gasteiger partial charge in [0.25, 0.3) is 5.91 Å². The first kappa shape index (κ1) is 25.0. The number of hydrogen-bond acceptors (Lipinski definition) is 4. The van der Waals surface area contributed by atoms with E-state index in [1.807, 2.05) is 48.7 Å². The van der Waals surface area contributed by atoms with Gasteiger partial charge in [-0.15, -0.1) is 0 Å². The second-order valence-electron chi connectivity index (χ2n) is 10.7. The van der Waals surface area contributed by atoms with E-state index in [-0.39, 0.29) is 29.8 Å². The fraction of sp³-hybridized carbons (Fsp3) is 0.433. The van der Waals surface area contributed by atoms with Crippen LogP contribution in [0.4, 0.5) is 0 Å². The minimum Gasteiger partial charge on any atom is -0.356 e. The Morgan fingerprint density at radius 3 is 2.66 bits per heavy atom. The zero-order valence-corrected chi connectivity index (χ0v) is 22.5. The number of nitrogens with zero attached hydrogens (tertiary/aromatic N) is 1. The van der Waals surface area contributed by atoms with Crippen LogP contribution < -0.4 is 10.6 Å². The van der Waals surface area contributed by atoms with Crippen LogP contribution in [-0.2, 0) is 16.0 Å². The summed E-state index contributed by atoms with van der Waals surface area (Å²) in [6.45, 7) is 0. The molecule has 7 nitrogen and oxygen atoms in total. The molecule has 0 saturated heterocycles. The third kappa shape index (κ3) is 4.38. The zero-order valence-electron chi connectivity index (χ0n) is 21.7. The minimum absolute atomic E-state index is 0.115. The average Bonchev–Trinajstić information content (AvgIpc) is 3.46. The summed E-state index contributed by atoms with van der Waals surface area (Å²) in [5, 5.41) is 7.34. The Morgan fingerprint density at radius 1 is 1.08 bits per heavy atom. The number of benzene rings is 2. The second-order valence-corrected chi connectivity index (χ2v) is 11.7. The van der Waals surface area contributed by atoms with Crippen LogP contribution in [0.5, 0.6) is 0 Å². The molecule has 2 aliphatic heterocycles. The van der Waals surface area contributed by atoms with Crippen LogP contribution in [-0.4, -0.2) is 57.7 Å². The van der Waals surface area contributed by atoms with Crippen LogP contribution in [0.3, 0.4) is 0 Å². The number of aromatic nitrogens is 1. The molecule has 0 spiro atoms. The average molecular weight is 531 g/mol. The number of aromatic amines is 1. The van der Waals surface area contributed by atoms with E-state index in [1.54, 1.807) is 16.7 Å². The van der Waals surface area contributed by atoms with E-state index in [0.29, 0.717) is 18.4 Å². The Morgan fingerprint density at radius 2 is 1.84 bits per heavy atom. The lowest BCUT2D eigenvalue weighted by Gasteiger charge is -2.38. The molecule has 0 unspecified atom stereocenters. The number of carbonyl (C=O) groups is 3. The van der Waals surface area contributed by atoms with Crippen LogP contribution in [0.1, 0.15) is 71.7 Å². The predicted molar refractivity (Wildman–Crippen MR) is 150 cm³/mol. The normalized spacial score (nSPS) is 21.5. The smallest absolute Gasteiger partial charge is 0.255 e. The molecule has 8 heteroatoms. The molecule has 1 saturated carbocycles. The fourth-order valence-corrected chi connectivity index (χ4v) is 6.93. The number of amides is 3. The van der Waals surface area contributed by atoms with Crippen molar-refractivity contribution in [2.45, 2.75) is 69.1 Å². The summed E-state index contributed by atoms with van der Waals surface area (Å²) < 4.78 is 0. The van der Waals surface area contributed by atoms with E-state index in [1.165, 1.54) is 6.42 Å². The lowest BCUT2D eigenvalue weighted by molar-refractivity contribution is -0.132. The fourth-order valence-electron chi connectivity index (χ4n) is 6.46. The molecule has 3 aromatic rings. The minimum atomic E-state index is -0.703. The molecule has 38 heavy (non-hydrogen) atoms. The largest absolute Gasteiger partial charge is 0.356 e. The van der Waals surface area contributed by atoms with Crippen molar-refractivity contribution in [2.24, 2.45) is 0 Å². The van der Waals surface area contributed by atoms with Crippen molar-refractivity contribution in [3.05, 3.63) is 70.9 Å². The molecule has 0 radical (unpaired) electrons. The van der Waals surface area contributed by atoms with Gasteiger partial charge in [-0.1, -0.05) is 55.7 Å². The van der Waals surface area contributed by atoms with Gasteiger partial charge < -0.3 is 20.5 Å². The maximum Gasteiger partial charge on any atom is 0.255 e. The van der Waals surface area contributed by atoms with Crippen molar-refractivity contribution in [3.8, 4) is 0 Å². The highest BCUT2D eigenvalue weighted by Crippen LogP contribution is 2.46. The number of fused-ring (bicyclic) bond motifs is 7. The molecule has 3 amide bonds. The van der Waals surface area contributed by atoms with E-state index in [0.717, 1.165) is 59.2 Å². The van der Waals surface area contributed by atoms with E-state index in [4.69, 9.17) is 0 Å². The number of nitrogens with one attached hydrogen (secondary N) is 3. The standard InChI is InChI=1S/C30H34N4O3S/c1-38-16-15-24(28(35)31-18-9-3-2-4-10-18)33-29(36)25-17-22-19-11-7-8-14-23(19)32-26(22)27-20-12-5-6-13-21(20)30(37)34(25)27/h5-8,11-14,18,24-25,27,32H,2-4,9-10,15-17H2,1H3,(H,31,35)(H,33,36)/t24-,25-,27-/m0/s1. The summed E-state index contributed by atoms with van der Waals surface area (Å²) in [5.74, 6) is 0.242. The number of para-hydroxylation sites is 1. The molecule has 2 aromatic carbocycles. The van der Waals surface area contributed by atoms with Gasteiger partial charge in [0.05, 0.1) is 6.04 Å². The Kier molecular flexibility index (Phi) is 6.91. The molecule has 6 rings (SSSR count). The van der Waals surface area contributed by atoms with Crippen LogP contribution >= 0.6 is 11.8 Å². The van der Waals surface area contributed by atoms with Crippen LogP contribution in [0, 0.1) is 0 Å². The highest BCUT2D eigenvalue weighted by molar-refractivity contribution is 7.98. The monoisotopic (exact) mass is 530 g/mol. The predicted octanol–water partition coefficient (Wildman–Crippen LogP) is 4.32. The third-order valence-corrected chi connectivity index (χ3v) is 8.99. The van der Waals surface area contributed by atoms with Gasteiger partial charge in [0.15, 0.2) is 0 Å². The lowest BCUT2D eigenvalue weighted by Crippen LogP contribution is -2.57. The SMILES string of the molecule is CSCC[C@H](NC(=O)[C@@H]1Cc2c([nH]c3ccccc23)[C@@H]2c3ccccc3C(=O)N21)C(=O)NC1CCCCC1. The topological polar surface area (TPSA) is 94.3 Å². The number of rotatable bonds is 7. The van der Waals surface area contributed by atoms with Crippen molar-refractivity contribution in [2.75, 3.05) is 12.0 Å². The Balaban J connectivity index is 1.32. The summed E-state index contributed by atoms with van der Waals surface area (Å²) in [5.41, 5.74) is 4.59. The van der Waals surface area contributed by atoms with Crippen molar-refractivity contribution in [1.82, 2.24) is 20.5 Å². The summed E-state index contributed by atoms with van der Waals surface area (Å²) in [6, 6.07) is 14.2. The van der Waals surface area contributed by atoms with Crippen molar-refractivity contribution < 1.29 is 14.4 Å². The molecule has 198 valence electrons. The first-order chi connectivity index (χ1) is 18.6. The maximum absolute atomic E-state index is 14.0. The first-order valence-electron chi connectivity index (χ1n) is 13.7. The molecule has 3 atom stereocenters. The molecular formula is C30H34N4O3S. The second kappa shape index (κ2) is 10.5. The van der Waals surface area contributed by atoms with E-state index in [9.17, 15) is 14.4 Å². The zero-order chi connectivity index (χ0) is 26.2. The van der Waals surface area contributed by atoms with Gasteiger partial charge in [0.1, 0.15) is 12.1 Å². The number of carbonyl (C=O) groups excluding carboxylic acids is 3. The van der Waals surface area contributed by atoms with Crippen molar-refractivity contribution in [3.63, 3.8) is 0 Å². The summed E-state index contributed by atoms with van der Waals surface area (Å²) >= 11 is 1.66. The van der Waals surface area contributed by atoms with Gasteiger partial charge in [0, 0.05) is 34.6 Å². The van der Waals surface area contributed by atoms with Crippen LogP contribution in [0.15, 0.2) is 48.5 Å². The quantitative estimate of drug-likeness (QED) is 0.424. The van der Waals surface area contributed by atoms with Gasteiger partial charge in [-0.3, -0.25) is 14.4 Å².